The Kier molecular flexibility index (Phi) is 6.08. The summed E-state index contributed by atoms with van der Waals surface area (Å²) >= 11 is 0. The minimum absolute atomic E-state index is 0.336. The van der Waals surface area contributed by atoms with E-state index in [1.165, 1.54) is 0 Å². The minimum Gasteiger partial charge on any atom is -0.365 e. The van der Waals surface area contributed by atoms with Crippen molar-refractivity contribution in [1.82, 2.24) is 19.4 Å². The quantitative estimate of drug-likeness (QED) is 0.657. The number of benzene rings is 2. The zero-order valence-corrected chi connectivity index (χ0v) is 17.7. The molecule has 0 aliphatic carbocycles. The molecule has 0 saturated carbocycles. The van der Waals surface area contributed by atoms with Gasteiger partial charge in [-0.25, -0.2) is 8.42 Å². The van der Waals surface area contributed by atoms with Crippen molar-refractivity contribution < 1.29 is 8.42 Å². The highest BCUT2D eigenvalue weighted by atomic mass is 32.2. The van der Waals surface area contributed by atoms with Crippen LogP contribution in [0.25, 0.3) is 11.3 Å². The summed E-state index contributed by atoms with van der Waals surface area (Å²) in [6, 6.07) is 20.7. The van der Waals surface area contributed by atoms with Crippen LogP contribution < -0.4 is 5.32 Å². The SMILES string of the molecule is CN1CCN(S(=O)(=O)c2ccc(CNc3ccc(-c4ccccc4)nn3)cc2)CC1. The van der Waals surface area contributed by atoms with E-state index in [4.69, 9.17) is 0 Å². The number of nitrogens with zero attached hydrogens (tertiary/aromatic N) is 4. The summed E-state index contributed by atoms with van der Waals surface area (Å²) < 4.78 is 27.2. The van der Waals surface area contributed by atoms with Crippen LogP contribution >= 0.6 is 0 Å². The molecule has 2 aromatic carbocycles. The molecule has 0 spiro atoms. The molecule has 0 bridgehead atoms. The molecule has 1 saturated heterocycles. The maximum atomic E-state index is 12.8. The van der Waals surface area contributed by atoms with Gasteiger partial charge in [-0.05, 0) is 36.9 Å². The van der Waals surface area contributed by atoms with E-state index in [9.17, 15) is 8.42 Å². The summed E-state index contributed by atoms with van der Waals surface area (Å²) in [7, 11) is -1.43. The summed E-state index contributed by atoms with van der Waals surface area (Å²) in [5, 5.41) is 11.7. The first-order chi connectivity index (χ1) is 14.5. The summed E-state index contributed by atoms with van der Waals surface area (Å²) in [4.78, 5) is 2.47. The van der Waals surface area contributed by atoms with E-state index in [0.29, 0.717) is 30.3 Å². The van der Waals surface area contributed by atoms with Crippen LogP contribution in [0.5, 0.6) is 0 Å². The lowest BCUT2D eigenvalue weighted by Gasteiger charge is -2.31. The summed E-state index contributed by atoms with van der Waals surface area (Å²) in [5.74, 6) is 0.670. The van der Waals surface area contributed by atoms with Gasteiger partial charge in [0.05, 0.1) is 10.6 Å². The summed E-state index contributed by atoms with van der Waals surface area (Å²) in [6.45, 7) is 3.10. The first-order valence-corrected chi connectivity index (χ1v) is 11.4. The van der Waals surface area contributed by atoms with E-state index in [0.717, 1.165) is 29.9 Å². The molecular formula is C22H25N5O2S. The van der Waals surface area contributed by atoms with E-state index < -0.39 is 10.0 Å². The highest BCUT2D eigenvalue weighted by Gasteiger charge is 2.27. The molecule has 1 N–H and O–H groups in total. The van der Waals surface area contributed by atoms with E-state index in [1.807, 2.05) is 61.6 Å². The van der Waals surface area contributed by atoms with Gasteiger partial charge in [0.15, 0.2) is 0 Å². The predicted molar refractivity (Wildman–Crippen MR) is 117 cm³/mol. The Balaban J connectivity index is 1.37. The molecule has 1 aliphatic rings. The number of hydrogen-bond donors (Lipinski definition) is 1. The van der Waals surface area contributed by atoms with Crippen LogP contribution in [0.15, 0.2) is 71.6 Å². The van der Waals surface area contributed by atoms with Crippen LogP contribution in [0.4, 0.5) is 5.82 Å². The summed E-state index contributed by atoms with van der Waals surface area (Å²) in [5.41, 5.74) is 2.81. The fourth-order valence-electron chi connectivity index (χ4n) is 3.34. The first-order valence-electron chi connectivity index (χ1n) is 9.93. The van der Waals surface area contributed by atoms with Gasteiger partial charge in [0.25, 0.3) is 0 Å². The van der Waals surface area contributed by atoms with Crippen LogP contribution in [-0.4, -0.2) is 61.0 Å². The number of anilines is 1. The molecular weight excluding hydrogens is 398 g/mol. The van der Waals surface area contributed by atoms with Crippen molar-refractivity contribution in [2.45, 2.75) is 11.4 Å². The number of aromatic nitrogens is 2. The molecule has 0 unspecified atom stereocenters. The predicted octanol–water partition coefficient (Wildman–Crippen LogP) is 2.69. The molecule has 0 atom stereocenters. The third kappa shape index (κ3) is 4.67. The van der Waals surface area contributed by atoms with Gasteiger partial charge in [0.2, 0.25) is 10.0 Å². The Labute approximate surface area is 177 Å². The average molecular weight is 424 g/mol. The lowest BCUT2D eigenvalue weighted by Crippen LogP contribution is -2.46. The number of piperazine rings is 1. The maximum Gasteiger partial charge on any atom is 0.243 e. The highest BCUT2D eigenvalue weighted by molar-refractivity contribution is 7.89. The number of rotatable bonds is 6. The van der Waals surface area contributed by atoms with Crippen molar-refractivity contribution in [3.8, 4) is 11.3 Å². The Hall–Kier alpha value is -2.81. The maximum absolute atomic E-state index is 12.8. The van der Waals surface area contributed by atoms with E-state index in [1.54, 1.807) is 16.4 Å². The zero-order chi connectivity index (χ0) is 21.0. The zero-order valence-electron chi connectivity index (χ0n) is 16.9. The van der Waals surface area contributed by atoms with E-state index in [-0.39, 0.29) is 0 Å². The molecule has 4 rings (SSSR count). The number of nitrogens with one attached hydrogen (secondary N) is 1. The van der Waals surface area contributed by atoms with Crippen LogP contribution in [0.1, 0.15) is 5.56 Å². The minimum atomic E-state index is -3.44. The second-order valence-corrected chi connectivity index (χ2v) is 9.31. The van der Waals surface area contributed by atoms with Crippen LogP contribution in [-0.2, 0) is 16.6 Å². The molecule has 3 aromatic rings. The lowest BCUT2D eigenvalue weighted by molar-refractivity contribution is 0.222. The molecule has 0 radical (unpaired) electrons. The van der Waals surface area contributed by atoms with E-state index >= 15 is 0 Å². The monoisotopic (exact) mass is 423 g/mol. The van der Waals surface area contributed by atoms with Crippen LogP contribution in [0.3, 0.4) is 0 Å². The van der Waals surface area contributed by atoms with Gasteiger partial charge in [0, 0.05) is 38.3 Å². The largest absolute Gasteiger partial charge is 0.365 e. The molecule has 1 fully saturated rings. The second-order valence-electron chi connectivity index (χ2n) is 7.37. The fourth-order valence-corrected chi connectivity index (χ4v) is 4.76. The van der Waals surface area contributed by atoms with Crippen molar-refractivity contribution >= 4 is 15.8 Å². The normalized spacial score (nSPS) is 15.8. The Morgan fingerprint density at radius 2 is 1.57 bits per heavy atom. The topological polar surface area (TPSA) is 78.4 Å². The van der Waals surface area contributed by atoms with Crippen molar-refractivity contribution in [3.63, 3.8) is 0 Å². The van der Waals surface area contributed by atoms with Gasteiger partial charge in [0.1, 0.15) is 5.82 Å². The van der Waals surface area contributed by atoms with Gasteiger partial charge in [-0.2, -0.15) is 4.31 Å². The van der Waals surface area contributed by atoms with Gasteiger partial charge in [-0.3, -0.25) is 0 Å². The first kappa shape index (κ1) is 20.5. The fraction of sp³-hybridized carbons (Fsp3) is 0.273. The van der Waals surface area contributed by atoms with Crippen molar-refractivity contribution in [3.05, 3.63) is 72.3 Å². The molecule has 2 heterocycles. The number of hydrogen-bond acceptors (Lipinski definition) is 6. The van der Waals surface area contributed by atoms with Gasteiger partial charge < -0.3 is 10.2 Å². The van der Waals surface area contributed by atoms with Crippen molar-refractivity contribution in [1.29, 1.82) is 0 Å². The van der Waals surface area contributed by atoms with Crippen molar-refractivity contribution in [2.24, 2.45) is 0 Å². The van der Waals surface area contributed by atoms with Gasteiger partial charge in [-0.1, -0.05) is 42.5 Å². The standard InChI is InChI=1S/C22H25N5O2S/c1-26-13-15-27(16-14-26)30(28,29)20-9-7-18(8-10-20)17-23-22-12-11-21(24-25-22)19-5-3-2-4-6-19/h2-12H,13-17H2,1H3,(H,23,25). The third-order valence-corrected chi connectivity index (χ3v) is 7.14. The third-order valence-electron chi connectivity index (χ3n) is 5.23. The Bertz CT molecular complexity index is 1060. The molecule has 0 amide bonds. The molecule has 156 valence electrons. The van der Waals surface area contributed by atoms with Crippen LogP contribution in [0.2, 0.25) is 0 Å². The molecule has 7 nitrogen and oxygen atoms in total. The Morgan fingerprint density at radius 3 is 2.20 bits per heavy atom. The van der Waals surface area contributed by atoms with Crippen molar-refractivity contribution in [2.75, 3.05) is 38.5 Å². The van der Waals surface area contributed by atoms with Gasteiger partial charge >= 0.3 is 0 Å². The molecule has 1 aliphatic heterocycles. The van der Waals surface area contributed by atoms with E-state index in [2.05, 4.69) is 20.4 Å². The Morgan fingerprint density at radius 1 is 0.867 bits per heavy atom. The highest BCUT2D eigenvalue weighted by Crippen LogP contribution is 2.19. The molecule has 8 heteroatoms. The average Bonchev–Trinajstić information content (AvgIpc) is 2.79. The van der Waals surface area contributed by atoms with Gasteiger partial charge in [-0.15, -0.1) is 10.2 Å². The molecule has 1 aromatic heterocycles. The van der Waals surface area contributed by atoms with Crippen LogP contribution in [0, 0.1) is 0 Å². The second kappa shape index (κ2) is 8.91. The number of sulfonamides is 1. The summed E-state index contributed by atoms with van der Waals surface area (Å²) in [6.07, 6.45) is 0. The smallest absolute Gasteiger partial charge is 0.243 e. The number of likely N-dealkylation sites (N-methyl/N-ethyl adjacent to an activating group) is 1. The molecule has 30 heavy (non-hydrogen) atoms. The lowest BCUT2D eigenvalue weighted by atomic mass is 10.1.